The lowest BCUT2D eigenvalue weighted by Gasteiger charge is -2.11. The minimum Gasteiger partial charge on any atom is -0.336 e. The molecule has 0 N–H and O–H groups in total. The predicted molar refractivity (Wildman–Crippen MR) is 81.7 cm³/mol. The smallest absolute Gasteiger partial charge is 0.130 e. The highest BCUT2D eigenvalue weighted by Gasteiger charge is 2.19. The molecule has 1 aliphatic heterocycles. The monoisotopic (exact) mass is 294 g/mol. The van der Waals surface area contributed by atoms with Crippen molar-refractivity contribution in [2.75, 3.05) is 0 Å². The fourth-order valence-electron chi connectivity index (χ4n) is 2.93. The highest BCUT2D eigenvalue weighted by Crippen LogP contribution is 2.23. The molecule has 112 valence electrons. The Balaban J connectivity index is 1.42. The van der Waals surface area contributed by atoms with E-state index in [0.29, 0.717) is 6.54 Å². The Kier molecular flexibility index (Phi) is 3.23. The molecular formula is C16H18N6. The van der Waals surface area contributed by atoms with E-state index < -0.39 is 0 Å². The molecule has 3 heterocycles. The molecule has 0 spiro atoms. The summed E-state index contributed by atoms with van der Waals surface area (Å²) in [6.07, 6.45) is 5.75. The maximum Gasteiger partial charge on any atom is 0.130 e. The Morgan fingerprint density at radius 1 is 1.09 bits per heavy atom. The predicted octanol–water partition coefficient (Wildman–Crippen LogP) is 1.58. The van der Waals surface area contributed by atoms with Crippen molar-refractivity contribution in [3.05, 3.63) is 65.5 Å². The molecule has 0 amide bonds. The molecule has 0 radical (unpaired) electrons. The van der Waals surface area contributed by atoms with Gasteiger partial charge in [-0.15, -0.1) is 5.10 Å². The van der Waals surface area contributed by atoms with Crippen LogP contribution in [0.2, 0.25) is 0 Å². The molecule has 6 heteroatoms. The zero-order valence-corrected chi connectivity index (χ0v) is 12.6. The third-order valence-corrected chi connectivity index (χ3v) is 4.10. The van der Waals surface area contributed by atoms with Gasteiger partial charge in [-0.2, -0.15) is 0 Å². The number of benzene rings is 1. The lowest BCUT2D eigenvalue weighted by Crippen LogP contribution is -2.15. The molecule has 0 aliphatic carbocycles. The van der Waals surface area contributed by atoms with Crippen LogP contribution in [-0.4, -0.2) is 29.4 Å². The van der Waals surface area contributed by atoms with Gasteiger partial charge in [0.2, 0.25) is 0 Å². The van der Waals surface area contributed by atoms with E-state index in [2.05, 4.69) is 44.5 Å². The van der Waals surface area contributed by atoms with Crippen LogP contribution in [0, 0.1) is 0 Å². The summed E-state index contributed by atoms with van der Waals surface area (Å²) in [5, 5.41) is 8.50. The van der Waals surface area contributed by atoms with Gasteiger partial charge in [-0.05, 0) is 11.1 Å². The van der Waals surface area contributed by atoms with Crippen LogP contribution >= 0.6 is 0 Å². The first-order valence-corrected chi connectivity index (χ1v) is 7.42. The first kappa shape index (κ1) is 13.2. The van der Waals surface area contributed by atoms with Crippen LogP contribution in [0.3, 0.4) is 0 Å². The standard InChI is InChI=1S/C16H18N6/c1-20-7-6-17-16(20)12-22-11-15(18-19-22)10-21-8-13-4-2-3-5-14(13)9-21/h2-7,11H,8-10,12H2,1H3. The fraction of sp³-hybridized carbons (Fsp3) is 0.312. The van der Waals surface area contributed by atoms with Crippen molar-refractivity contribution < 1.29 is 0 Å². The van der Waals surface area contributed by atoms with Gasteiger partial charge >= 0.3 is 0 Å². The quantitative estimate of drug-likeness (QED) is 0.733. The number of aryl methyl sites for hydroxylation is 1. The zero-order valence-electron chi connectivity index (χ0n) is 12.6. The molecule has 0 unspecified atom stereocenters. The van der Waals surface area contributed by atoms with Gasteiger partial charge in [-0.25, -0.2) is 9.67 Å². The Morgan fingerprint density at radius 2 is 1.86 bits per heavy atom. The van der Waals surface area contributed by atoms with Crippen LogP contribution in [0.5, 0.6) is 0 Å². The number of rotatable bonds is 4. The highest BCUT2D eigenvalue weighted by atomic mass is 15.4. The molecular weight excluding hydrogens is 276 g/mol. The Bertz CT molecular complexity index is 762. The lowest BCUT2D eigenvalue weighted by atomic mass is 10.1. The summed E-state index contributed by atoms with van der Waals surface area (Å²) in [7, 11) is 1.99. The van der Waals surface area contributed by atoms with E-state index in [-0.39, 0.29) is 0 Å². The van der Waals surface area contributed by atoms with Crippen molar-refractivity contribution in [3.63, 3.8) is 0 Å². The van der Waals surface area contributed by atoms with Crippen LogP contribution in [-0.2, 0) is 33.2 Å². The summed E-state index contributed by atoms with van der Waals surface area (Å²) in [6.45, 7) is 3.46. The van der Waals surface area contributed by atoms with Crippen LogP contribution in [0.25, 0.3) is 0 Å². The van der Waals surface area contributed by atoms with E-state index in [1.165, 1.54) is 11.1 Å². The van der Waals surface area contributed by atoms with Gasteiger partial charge in [0.15, 0.2) is 0 Å². The van der Waals surface area contributed by atoms with Crippen molar-refractivity contribution in [3.8, 4) is 0 Å². The molecule has 0 saturated carbocycles. The zero-order chi connectivity index (χ0) is 14.9. The molecule has 4 rings (SSSR count). The second-order valence-electron chi connectivity index (χ2n) is 5.78. The van der Waals surface area contributed by atoms with Gasteiger partial charge in [-0.1, -0.05) is 29.5 Å². The van der Waals surface area contributed by atoms with Crippen molar-refractivity contribution in [1.82, 2.24) is 29.4 Å². The molecule has 0 saturated heterocycles. The van der Waals surface area contributed by atoms with Crippen molar-refractivity contribution >= 4 is 0 Å². The van der Waals surface area contributed by atoms with E-state index in [1.807, 2.05) is 28.7 Å². The average molecular weight is 294 g/mol. The van der Waals surface area contributed by atoms with Gasteiger partial charge in [-0.3, -0.25) is 4.90 Å². The summed E-state index contributed by atoms with van der Waals surface area (Å²) in [4.78, 5) is 6.70. The number of aromatic nitrogens is 5. The third-order valence-electron chi connectivity index (χ3n) is 4.10. The largest absolute Gasteiger partial charge is 0.336 e. The SMILES string of the molecule is Cn1ccnc1Cn1cc(CN2Cc3ccccc3C2)nn1. The van der Waals surface area contributed by atoms with E-state index in [1.54, 1.807) is 6.20 Å². The first-order valence-electron chi connectivity index (χ1n) is 7.42. The van der Waals surface area contributed by atoms with Crippen molar-refractivity contribution in [1.29, 1.82) is 0 Å². The van der Waals surface area contributed by atoms with Crippen molar-refractivity contribution in [2.24, 2.45) is 7.05 Å². The Labute approximate surface area is 129 Å². The molecule has 0 fully saturated rings. The van der Waals surface area contributed by atoms with Crippen LogP contribution in [0.15, 0.2) is 42.9 Å². The third kappa shape index (κ3) is 2.53. The highest BCUT2D eigenvalue weighted by molar-refractivity contribution is 5.30. The van der Waals surface area contributed by atoms with E-state index >= 15 is 0 Å². The van der Waals surface area contributed by atoms with E-state index in [0.717, 1.165) is 31.2 Å². The minimum absolute atomic E-state index is 0.650. The maximum absolute atomic E-state index is 4.31. The molecule has 22 heavy (non-hydrogen) atoms. The number of hydrogen-bond donors (Lipinski definition) is 0. The van der Waals surface area contributed by atoms with Gasteiger partial charge in [0.25, 0.3) is 0 Å². The fourth-order valence-corrected chi connectivity index (χ4v) is 2.93. The van der Waals surface area contributed by atoms with Crippen LogP contribution in [0.4, 0.5) is 0 Å². The first-order chi connectivity index (χ1) is 10.8. The maximum atomic E-state index is 4.31. The Hall–Kier alpha value is -2.47. The van der Waals surface area contributed by atoms with Gasteiger partial charge in [0, 0.05) is 39.1 Å². The summed E-state index contributed by atoms with van der Waals surface area (Å²) in [5.74, 6) is 0.977. The molecule has 3 aromatic rings. The van der Waals surface area contributed by atoms with Gasteiger partial charge in [0.05, 0.1) is 11.9 Å². The van der Waals surface area contributed by atoms with Gasteiger partial charge in [0.1, 0.15) is 12.4 Å². The topological polar surface area (TPSA) is 51.8 Å². The summed E-state index contributed by atoms with van der Waals surface area (Å²) in [5.41, 5.74) is 3.84. The second kappa shape index (κ2) is 5.38. The molecule has 0 atom stereocenters. The Morgan fingerprint density at radius 3 is 2.55 bits per heavy atom. The summed E-state index contributed by atoms with van der Waals surface area (Å²) in [6, 6.07) is 8.61. The van der Waals surface area contributed by atoms with Gasteiger partial charge < -0.3 is 4.57 Å². The molecule has 2 aromatic heterocycles. The van der Waals surface area contributed by atoms with Crippen LogP contribution < -0.4 is 0 Å². The number of hydrogen-bond acceptors (Lipinski definition) is 4. The van der Waals surface area contributed by atoms with E-state index in [4.69, 9.17) is 0 Å². The summed E-state index contributed by atoms with van der Waals surface area (Å²) >= 11 is 0. The number of nitrogens with zero attached hydrogens (tertiary/aromatic N) is 6. The van der Waals surface area contributed by atoms with E-state index in [9.17, 15) is 0 Å². The normalized spacial score (nSPS) is 14.4. The molecule has 1 aromatic carbocycles. The second-order valence-corrected chi connectivity index (χ2v) is 5.78. The number of imidazole rings is 1. The summed E-state index contributed by atoms with van der Waals surface area (Å²) < 4.78 is 3.85. The van der Waals surface area contributed by atoms with Crippen LogP contribution in [0.1, 0.15) is 22.6 Å². The lowest BCUT2D eigenvalue weighted by molar-refractivity contribution is 0.272. The number of fused-ring (bicyclic) bond motifs is 1. The molecule has 0 bridgehead atoms. The molecule has 6 nitrogen and oxygen atoms in total. The minimum atomic E-state index is 0.650. The molecule has 1 aliphatic rings. The average Bonchev–Trinajstić information content (AvgIpc) is 3.21. The van der Waals surface area contributed by atoms with Crippen molar-refractivity contribution in [2.45, 2.75) is 26.2 Å².